The Balaban J connectivity index is 2.80. The minimum atomic E-state index is -4.04. The first-order valence-electron chi connectivity index (χ1n) is 5.09. The Kier molecular flexibility index (Phi) is 4.69. The van der Waals surface area contributed by atoms with E-state index in [9.17, 15) is 18.0 Å². The summed E-state index contributed by atoms with van der Waals surface area (Å²) < 4.78 is 40.3. The van der Waals surface area contributed by atoms with Crippen LogP contribution in [0.2, 0.25) is 0 Å². The van der Waals surface area contributed by atoms with Crippen LogP contribution in [0.15, 0.2) is 24.3 Å². The summed E-state index contributed by atoms with van der Waals surface area (Å²) in [6, 6.07) is 4.03. The van der Waals surface area contributed by atoms with Gasteiger partial charge in [-0.15, -0.1) is 0 Å². The first kappa shape index (κ1) is 14.5. The highest BCUT2D eigenvalue weighted by molar-refractivity contribution is 5.84. The molecule has 0 aliphatic rings. The van der Waals surface area contributed by atoms with Gasteiger partial charge in [0.05, 0.1) is 18.3 Å². The van der Waals surface area contributed by atoms with Crippen molar-refractivity contribution in [3.63, 3.8) is 0 Å². The minimum absolute atomic E-state index is 0.542. The Labute approximate surface area is 101 Å². The molecule has 0 saturated heterocycles. The Hall–Kier alpha value is -1.60. The van der Waals surface area contributed by atoms with E-state index in [-0.39, 0.29) is 0 Å². The van der Waals surface area contributed by atoms with Crippen molar-refractivity contribution in [1.29, 1.82) is 0 Å². The number of rotatable bonds is 5. The van der Waals surface area contributed by atoms with E-state index in [0.717, 1.165) is 12.1 Å². The first-order chi connectivity index (χ1) is 8.39. The molecule has 0 aliphatic carbocycles. The molecule has 0 bridgehead atoms. The molecule has 4 nitrogen and oxygen atoms in total. The maximum absolute atomic E-state index is 13.6. The van der Waals surface area contributed by atoms with Gasteiger partial charge >= 0.3 is 5.92 Å². The van der Waals surface area contributed by atoms with E-state index in [2.05, 4.69) is 0 Å². The zero-order chi connectivity index (χ0) is 13.8. The zero-order valence-electron chi connectivity index (χ0n) is 9.24. The number of nitrogens with one attached hydrogen (secondary N) is 1. The van der Waals surface area contributed by atoms with E-state index < -0.39 is 42.5 Å². The fourth-order valence-electron chi connectivity index (χ4n) is 1.22. The molecule has 0 radical (unpaired) electrons. The Morgan fingerprint density at radius 1 is 1.39 bits per heavy atom. The van der Waals surface area contributed by atoms with Crippen LogP contribution in [0.1, 0.15) is 5.56 Å². The molecule has 0 saturated carbocycles. The van der Waals surface area contributed by atoms with Gasteiger partial charge in [0.15, 0.2) is 0 Å². The Bertz CT molecular complexity index is 426. The van der Waals surface area contributed by atoms with Crippen molar-refractivity contribution in [1.82, 2.24) is 5.32 Å². The lowest BCUT2D eigenvalue weighted by molar-refractivity contribution is -0.148. The highest BCUT2D eigenvalue weighted by Crippen LogP contribution is 2.29. The second-order valence-electron chi connectivity index (χ2n) is 3.60. The van der Waals surface area contributed by atoms with Gasteiger partial charge in [-0.05, 0) is 12.1 Å². The van der Waals surface area contributed by atoms with Crippen LogP contribution in [0.3, 0.4) is 0 Å². The maximum atomic E-state index is 13.6. The van der Waals surface area contributed by atoms with Gasteiger partial charge < -0.3 is 15.5 Å². The van der Waals surface area contributed by atoms with Crippen LogP contribution in [-0.4, -0.2) is 35.4 Å². The fourth-order valence-corrected chi connectivity index (χ4v) is 1.22. The van der Waals surface area contributed by atoms with E-state index >= 15 is 0 Å². The summed E-state index contributed by atoms with van der Waals surface area (Å²) in [6.45, 7) is -1.22. The molecule has 18 heavy (non-hydrogen) atoms. The predicted octanol–water partition coefficient (Wildman–Crippen LogP) is 0.387. The average molecular weight is 263 g/mol. The predicted molar refractivity (Wildman–Crippen MR) is 56.4 cm³/mol. The zero-order valence-corrected chi connectivity index (χ0v) is 9.24. The minimum Gasteiger partial charge on any atom is -0.394 e. The molecule has 3 N–H and O–H groups in total. The number of benzene rings is 1. The lowest BCUT2D eigenvalue weighted by Gasteiger charge is -2.17. The van der Waals surface area contributed by atoms with Gasteiger partial charge in [-0.3, -0.25) is 4.79 Å². The van der Waals surface area contributed by atoms with Gasteiger partial charge in [0.25, 0.3) is 5.91 Å². The van der Waals surface area contributed by atoms with Crippen molar-refractivity contribution >= 4 is 5.91 Å². The Morgan fingerprint density at radius 3 is 2.56 bits per heavy atom. The molecule has 0 aromatic heterocycles. The number of aliphatic hydroxyl groups is 2. The monoisotopic (exact) mass is 263 g/mol. The molecule has 0 aliphatic heterocycles. The molecule has 1 amide bonds. The topological polar surface area (TPSA) is 69.6 Å². The van der Waals surface area contributed by atoms with Gasteiger partial charge in [-0.2, -0.15) is 8.78 Å². The molecule has 0 spiro atoms. The molecular formula is C11H12F3NO3. The van der Waals surface area contributed by atoms with Gasteiger partial charge in [0, 0.05) is 6.54 Å². The van der Waals surface area contributed by atoms with Gasteiger partial charge in [-0.25, -0.2) is 4.39 Å². The largest absolute Gasteiger partial charge is 0.394 e. The SMILES string of the molecule is O=C(NCC(O)CO)C(F)(F)c1ccccc1F. The van der Waals surface area contributed by atoms with E-state index in [1.807, 2.05) is 0 Å². The smallest absolute Gasteiger partial charge is 0.352 e. The second-order valence-corrected chi connectivity index (χ2v) is 3.60. The fraction of sp³-hybridized carbons (Fsp3) is 0.364. The number of alkyl halides is 2. The van der Waals surface area contributed by atoms with Gasteiger partial charge in [-0.1, -0.05) is 12.1 Å². The van der Waals surface area contributed by atoms with Gasteiger partial charge in [0.2, 0.25) is 0 Å². The number of carbonyl (C=O) groups is 1. The molecule has 7 heteroatoms. The molecular weight excluding hydrogens is 251 g/mol. The third kappa shape index (κ3) is 3.21. The number of carbonyl (C=O) groups excluding carboxylic acids is 1. The van der Waals surface area contributed by atoms with E-state index in [4.69, 9.17) is 10.2 Å². The summed E-state index contributed by atoms with van der Waals surface area (Å²) in [6.07, 6.45) is -1.34. The standard InChI is InChI=1S/C11H12F3NO3/c12-9-4-2-1-3-8(9)11(13,14)10(18)15-5-7(17)6-16/h1-4,7,16-17H,5-6H2,(H,15,18). The third-order valence-corrected chi connectivity index (χ3v) is 2.21. The summed E-state index contributed by atoms with van der Waals surface area (Å²) in [5.74, 6) is -6.97. The van der Waals surface area contributed by atoms with Gasteiger partial charge in [0.1, 0.15) is 5.82 Å². The van der Waals surface area contributed by atoms with E-state index in [0.29, 0.717) is 0 Å². The van der Waals surface area contributed by atoms with Crippen molar-refractivity contribution < 1.29 is 28.2 Å². The molecule has 0 fully saturated rings. The molecule has 1 rings (SSSR count). The number of hydrogen-bond donors (Lipinski definition) is 3. The molecule has 1 aromatic carbocycles. The lowest BCUT2D eigenvalue weighted by atomic mass is 10.1. The summed E-state index contributed by atoms with van der Waals surface area (Å²) >= 11 is 0. The van der Waals surface area contributed by atoms with Crippen molar-refractivity contribution in [3.05, 3.63) is 35.6 Å². The van der Waals surface area contributed by atoms with Crippen LogP contribution in [0.4, 0.5) is 13.2 Å². The van der Waals surface area contributed by atoms with E-state index in [1.54, 1.807) is 5.32 Å². The maximum Gasteiger partial charge on any atom is 0.352 e. The number of halogens is 3. The van der Waals surface area contributed by atoms with Crippen LogP contribution in [-0.2, 0) is 10.7 Å². The van der Waals surface area contributed by atoms with Crippen LogP contribution in [0, 0.1) is 5.82 Å². The molecule has 1 atom stereocenters. The number of amides is 1. The highest BCUT2D eigenvalue weighted by Gasteiger charge is 2.42. The van der Waals surface area contributed by atoms with E-state index in [1.165, 1.54) is 12.1 Å². The highest BCUT2D eigenvalue weighted by atomic mass is 19.3. The van der Waals surface area contributed by atoms with Crippen LogP contribution in [0.25, 0.3) is 0 Å². The second kappa shape index (κ2) is 5.83. The molecule has 1 unspecified atom stereocenters. The Morgan fingerprint density at radius 2 is 2.00 bits per heavy atom. The van der Waals surface area contributed by atoms with Crippen LogP contribution < -0.4 is 5.32 Å². The van der Waals surface area contributed by atoms with Crippen LogP contribution >= 0.6 is 0 Å². The summed E-state index contributed by atoms with van der Waals surface area (Å²) in [4.78, 5) is 11.2. The molecule has 0 heterocycles. The van der Waals surface area contributed by atoms with Crippen molar-refractivity contribution in [3.8, 4) is 0 Å². The van der Waals surface area contributed by atoms with Crippen molar-refractivity contribution in [2.24, 2.45) is 0 Å². The van der Waals surface area contributed by atoms with Crippen molar-refractivity contribution in [2.75, 3.05) is 13.2 Å². The van der Waals surface area contributed by atoms with Crippen molar-refractivity contribution in [2.45, 2.75) is 12.0 Å². The van der Waals surface area contributed by atoms with Crippen LogP contribution in [0.5, 0.6) is 0 Å². The molecule has 100 valence electrons. The normalized spacial score (nSPS) is 13.2. The number of aliphatic hydroxyl groups excluding tert-OH is 2. The third-order valence-electron chi connectivity index (χ3n) is 2.21. The first-order valence-corrected chi connectivity index (χ1v) is 5.09. The quantitative estimate of drug-likeness (QED) is 0.719. The molecule has 1 aromatic rings. The summed E-state index contributed by atoms with van der Waals surface area (Å²) in [5, 5.41) is 19.1. The number of hydrogen-bond acceptors (Lipinski definition) is 3. The average Bonchev–Trinajstić information content (AvgIpc) is 2.35. The summed E-state index contributed by atoms with van der Waals surface area (Å²) in [5.41, 5.74) is -1.04. The summed E-state index contributed by atoms with van der Waals surface area (Å²) in [7, 11) is 0. The lowest BCUT2D eigenvalue weighted by Crippen LogP contribution is -2.42.